The molecular formula is C19H28N4O3S. The molecular weight excluding hydrogens is 364 g/mol. The average Bonchev–Trinajstić information content (AvgIpc) is 3.31. The van der Waals surface area contributed by atoms with Gasteiger partial charge < -0.3 is 19.9 Å². The molecule has 3 fully saturated rings. The number of hydrogen-bond donors (Lipinski definition) is 1. The summed E-state index contributed by atoms with van der Waals surface area (Å²) in [5.41, 5.74) is 1.64. The minimum Gasteiger partial charge on any atom is -0.365 e. The molecule has 3 aliphatic rings. The van der Waals surface area contributed by atoms with Crippen LogP contribution in [-0.2, 0) is 9.53 Å². The number of nitrogens with zero attached hydrogens (tertiary/aromatic N) is 3. The highest BCUT2D eigenvalue weighted by Crippen LogP contribution is 2.31. The Morgan fingerprint density at radius 1 is 1.22 bits per heavy atom. The van der Waals surface area contributed by atoms with Gasteiger partial charge in [-0.1, -0.05) is 0 Å². The molecule has 27 heavy (non-hydrogen) atoms. The molecule has 7 nitrogen and oxygen atoms in total. The van der Waals surface area contributed by atoms with Crippen molar-refractivity contribution in [3.63, 3.8) is 0 Å². The largest absolute Gasteiger partial charge is 0.365 e. The van der Waals surface area contributed by atoms with E-state index in [0.29, 0.717) is 23.9 Å². The maximum atomic E-state index is 12.3. The summed E-state index contributed by atoms with van der Waals surface area (Å²) in [6.45, 7) is 5.50. The van der Waals surface area contributed by atoms with E-state index in [2.05, 4.69) is 15.2 Å². The van der Waals surface area contributed by atoms with Crippen LogP contribution in [0.4, 0.5) is 0 Å². The summed E-state index contributed by atoms with van der Waals surface area (Å²) in [7, 11) is 0. The van der Waals surface area contributed by atoms with E-state index in [9.17, 15) is 9.59 Å². The van der Waals surface area contributed by atoms with Gasteiger partial charge in [0, 0.05) is 26.2 Å². The Morgan fingerprint density at radius 3 is 2.70 bits per heavy atom. The van der Waals surface area contributed by atoms with Gasteiger partial charge in [-0.2, -0.15) is 0 Å². The third-order valence-electron chi connectivity index (χ3n) is 5.76. The highest BCUT2D eigenvalue weighted by Gasteiger charge is 2.31. The molecule has 8 heteroatoms. The van der Waals surface area contributed by atoms with Crippen molar-refractivity contribution in [2.24, 2.45) is 11.8 Å². The van der Waals surface area contributed by atoms with E-state index in [4.69, 9.17) is 4.74 Å². The van der Waals surface area contributed by atoms with E-state index in [1.165, 1.54) is 43.6 Å². The highest BCUT2D eigenvalue weighted by atomic mass is 32.1. The molecule has 0 radical (unpaired) electrons. The number of amides is 2. The summed E-state index contributed by atoms with van der Waals surface area (Å²) in [6, 6.07) is 0. The fourth-order valence-corrected chi connectivity index (χ4v) is 4.47. The van der Waals surface area contributed by atoms with Crippen molar-refractivity contribution in [1.29, 1.82) is 0 Å². The first-order valence-electron chi connectivity index (χ1n) is 9.96. The molecule has 0 bridgehead atoms. The Balaban J connectivity index is 1.20. The number of thiazole rings is 1. The molecule has 2 saturated heterocycles. The van der Waals surface area contributed by atoms with Crippen LogP contribution in [0.2, 0.25) is 0 Å². The molecule has 1 aromatic heterocycles. The van der Waals surface area contributed by atoms with E-state index >= 15 is 0 Å². The minimum atomic E-state index is -0.144. The number of carbonyl (C=O) groups excluding carboxylic acids is 2. The van der Waals surface area contributed by atoms with E-state index in [1.807, 2.05) is 4.90 Å². The van der Waals surface area contributed by atoms with Crippen LogP contribution >= 0.6 is 11.3 Å². The third-order valence-corrected chi connectivity index (χ3v) is 6.54. The zero-order valence-corrected chi connectivity index (χ0v) is 16.5. The van der Waals surface area contributed by atoms with Gasteiger partial charge >= 0.3 is 0 Å². The maximum absolute atomic E-state index is 12.3. The van der Waals surface area contributed by atoms with Gasteiger partial charge in [0.05, 0.1) is 17.8 Å². The van der Waals surface area contributed by atoms with Crippen LogP contribution in [0, 0.1) is 11.8 Å². The number of morpholine rings is 1. The summed E-state index contributed by atoms with van der Waals surface area (Å²) in [5, 5.41) is 2.89. The number of piperidine rings is 1. The van der Waals surface area contributed by atoms with Gasteiger partial charge in [-0.25, -0.2) is 0 Å². The van der Waals surface area contributed by atoms with Crippen LogP contribution < -0.4 is 5.32 Å². The lowest BCUT2D eigenvalue weighted by Gasteiger charge is -2.38. The molecule has 1 N–H and O–H groups in total. The molecule has 0 spiro atoms. The summed E-state index contributed by atoms with van der Waals surface area (Å²) in [4.78, 5) is 33.3. The number of likely N-dealkylation sites (tertiary alicyclic amines) is 1. The highest BCUT2D eigenvalue weighted by molar-refractivity contribution is 7.11. The molecule has 0 unspecified atom stereocenters. The van der Waals surface area contributed by atoms with Crippen LogP contribution in [-0.4, -0.2) is 78.6 Å². The number of nitrogens with one attached hydrogen (secondary N) is 1. The van der Waals surface area contributed by atoms with Crippen molar-refractivity contribution in [2.75, 3.05) is 45.9 Å². The zero-order valence-electron chi connectivity index (χ0n) is 15.6. The van der Waals surface area contributed by atoms with Gasteiger partial charge in [0.2, 0.25) is 5.91 Å². The van der Waals surface area contributed by atoms with Gasteiger partial charge in [-0.15, -0.1) is 11.3 Å². The minimum absolute atomic E-state index is 0.0699. The second-order valence-corrected chi connectivity index (χ2v) is 8.88. The monoisotopic (exact) mass is 392 g/mol. The summed E-state index contributed by atoms with van der Waals surface area (Å²) in [6.07, 6.45) is 6.57. The van der Waals surface area contributed by atoms with Crippen molar-refractivity contribution < 1.29 is 14.3 Å². The first-order valence-corrected chi connectivity index (χ1v) is 10.8. The second-order valence-electron chi connectivity index (χ2n) is 7.99. The lowest BCUT2D eigenvalue weighted by Crippen LogP contribution is -2.52. The maximum Gasteiger partial charge on any atom is 0.263 e. The Bertz CT molecular complexity index is 641. The molecule has 3 heterocycles. The van der Waals surface area contributed by atoms with E-state index < -0.39 is 0 Å². The van der Waals surface area contributed by atoms with Crippen LogP contribution in [0.25, 0.3) is 0 Å². The van der Waals surface area contributed by atoms with Crippen LogP contribution in [0.5, 0.6) is 0 Å². The zero-order chi connectivity index (χ0) is 18.6. The van der Waals surface area contributed by atoms with Crippen molar-refractivity contribution in [3.05, 3.63) is 16.6 Å². The topological polar surface area (TPSA) is 74.8 Å². The van der Waals surface area contributed by atoms with Gasteiger partial charge in [0.15, 0.2) is 0 Å². The van der Waals surface area contributed by atoms with Crippen LogP contribution in [0.1, 0.15) is 35.4 Å². The third kappa shape index (κ3) is 5.27. The number of carbonyl (C=O) groups is 2. The Labute approximate surface area is 164 Å². The smallest absolute Gasteiger partial charge is 0.263 e. The van der Waals surface area contributed by atoms with Gasteiger partial charge in [0.1, 0.15) is 11.5 Å². The molecule has 2 aliphatic heterocycles. The van der Waals surface area contributed by atoms with E-state index in [-0.39, 0.29) is 24.5 Å². The fourth-order valence-electron chi connectivity index (χ4n) is 3.93. The standard InChI is InChI=1S/C19H28N4O3S/c24-18-12-26-16(7-21-19(25)17-8-20-13-27-17)11-23(18)10-15-3-5-22(6-4-15)9-14-1-2-14/h8,13-16H,1-7,9-12H2,(H,21,25)/t16-/m0/s1. The van der Waals surface area contributed by atoms with Crippen LogP contribution in [0.3, 0.4) is 0 Å². The Morgan fingerprint density at radius 2 is 2.00 bits per heavy atom. The lowest BCUT2D eigenvalue weighted by atomic mass is 9.95. The number of ether oxygens (including phenoxy) is 1. The molecule has 4 rings (SSSR count). The van der Waals surface area contributed by atoms with Crippen molar-refractivity contribution in [1.82, 2.24) is 20.1 Å². The molecule has 1 saturated carbocycles. The second kappa shape index (κ2) is 8.67. The van der Waals surface area contributed by atoms with Gasteiger partial charge in [-0.3, -0.25) is 14.6 Å². The SMILES string of the molecule is O=C(NC[C@H]1CN(CC2CCN(CC3CC3)CC2)C(=O)CO1)c1cncs1. The van der Waals surface area contributed by atoms with Crippen molar-refractivity contribution in [3.8, 4) is 0 Å². The molecule has 0 aromatic carbocycles. The normalized spacial score (nSPS) is 25.0. The summed E-state index contributed by atoms with van der Waals surface area (Å²) >= 11 is 1.32. The van der Waals surface area contributed by atoms with E-state index in [1.54, 1.807) is 11.7 Å². The lowest BCUT2D eigenvalue weighted by molar-refractivity contribution is -0.149. The molecule has 1 aliphatic carbocycles. The predicted octanol–water partition coefficient (Wildman–Crippen LogP) is 1.22. The predicted molar refractivity (Wildman–Crippen MR) is 103 cm³/mol. The Kier molecular flexibility index (Phi) is 6.04. The Hall–Kier alpha value is -1.51. The van der Waals surface area contributed by atoms with Crippen molar-refractivity contribution >= 4 is 23.2 Å². The van der Waals surface area contributed by atoms with Gasteiger partial charge in [-0.05, 0) is 50.6 Å². The molecule has 1 atom stereocenters. The fraction of sp³-hybridized carbons (Fsp3) is 0.737. The number of rotatable bonds is 7. The van der Waals surface area contributed by atoms with Gasteiger partial charge in [0.25, 0.3) is 5.91 Å². The molecule has 148 valence electrons. The van der Waals surface area contributed by atoms with Crippen LogP contribution in [0.15, 0.2) is 11.7 Å². The first-order chi connectivity index (χ1) is 13.2. The quantitative estimate of drug-likeness (QED) is 0.755. The van der Waals surface area contributed by atoms with E-state index in [0.717, 1.165) is 25.6 Å². The summed E-state index contributed by atoms with van der Waals surface area (Å²) < 4.78 is 5.62. The first kappa shape index (κ1) is 18.8. The summed E-state index contributed by atoms with van der Waals surface area (Å²) in [5.74, 6) is 1.46. The average molecular weight is 393 g/mol. The number of aromatic nitrogens is 1. The molecule has 1 aromatic rings. The van der Waals surface area contributed by atoms with Crippen molar-refractivity contribution in [2.45, 2.75) is 31.8 Å². The number of hydrogen-bond acceptors (Lipinski definition) is 6. The molecule has 2 amide bonds.